The van der Waals surface area contributed by atoms with E-state index in [9.17, 15) is 21.6 Å². The number of aromatic amines is 1. The van der Waals surface area contributed by atoms with Crippen molar-refractivity contribution >= 4 is 63.5 Å². The quantitative estimate of drug-likeness (QED) is 0.140. The van der Waals surface area contributed by atoms with Gasteiger partial charge >= 0.3 is 0 Å². The maximum atomic E-state index is 12.6. The lowest BCUT2D eigenvalue weighted by Gasteiger charge is -2.21. The second kappa shape index (κ2) is 19.2. The van der Waals surface area contributed by atoms with Gasteiger partial charge in [0.1, 0.15) is 27.9 Å². The summed E-state index contributed by atoms with van der Waals surface area (Å²) >= 11 is 11.9. The molecular weight excluding hydrogens is 852 g/mol. The Bertz CT molecular complexity index is 1980. The van der Waals surface area contributed by atoms with Crippen molar-refractivity contribution in [1.82, 2.24) is 19.4 Å². The van der Waals surface area contributed by atoms with Gasteiger partial charge in [0.2, 0.25) is 25.9 Å². The van der Waals surface area contributed by atoms with E-state index in [2.05, 4.69) is 51.3 Å². The first kappa shape index (κ1) is 44.2. The monoisotopic (exact) mass is 892 g/mol. The van der Waals surface area contributed by atoms with E-state index in [1.54, 1.807) is 55.8 Å². The van der Waals surface area contributed by atoms with Crippen LogP contribution in [0.3, 0.4) is 0 Å². The lowest BCUT2D eigenvalue weighted by Crippen LogP contribution is -2.42. The zero-order valence-electron chi connectivity index (χ0n) is 29.5. The second-order valence-electron chi connectivity index (χ2n) is 12.8. The van der Waals surface area contributed by atoms with Crippen LogP contribution in [-0.2, 0) is 32.5 Å². The van der Waals surface area contributed by atoms with E-state index in [0.717, 1.165) is 22.6 Å². The molecule has 280 valence electrons. The average Bonchev–Trinajstić information content (AvgIpc) is 3.04. The molecule has 2 aromatic carbocycles. The number of nitrogens with one attached hydrogen (secondary N) is 3. The molecular formula is C34H43Br2ClN4O8S2. The number of pyridine rings is 2. The molecule has 4 aromatic rings. The number of methoxy groups -OCH3 is 2. The van der Waals surface area contributed by atoms with E-state index in [4.69, 9.17) is 25.8 Å². The zero-order valence-corrected chi connectivity index (χ0v) is 35.1. The van der Waals surface area contributed by atoms with Crippen molar-refractivity contribution in [3.8, 4) is 17.4 Å². The summed E-state index contributed by atoms with van der Waals surface area (Å²) in [6.07, 6.45) is 2.89. The molecule has 0 aliphatic heterocycles. The Balaban J connectivity index is 0.000000295. The van der Waals surface area contributed by atoms with Gasteiger partial charge in [0.25, 0.3) is 5.56 Å². The number of hydrogen-bond acceptors (Lipinski definition) is 9. The molecule has 4 rings (SSSR count). The standard InChI is InChI=1S/C17H21BrN2O4S.C9H13BrN2O3S.C8H9ClO/c1-17(2,3)20-25(21,22)15-9-13(18)10-19-16(15)24-11-12-5-7-14(23-4)8-6-12;1-9(2,3)12-16(14,15)7-4-6(10)5-11-8(7)13;1-10-8-4-2-7(6-9)3-5-8/h5-10,20H,11H2,1-4H3;4-5,12H,1-3H3,(H,11,13);2-5H,6H2,1H3. The van der Waals surface area contributed by atoms with Crippen LogP contribution in [0.15, 0.2) is 96.6 Å². The summed E-state index contributed by atoms with van der Waals surface area (Å²) < 4.78 is 70.8. The number of H-pyrrole nitrogens is 1. The number of aromatic nitrogens is 2. The molecule has 51 heavy (non-hydrogen) atoms. The van der Waals surface area contributed by atoms with Gasteiger partial charge in [-0.1, -0.05) is 24.3 Å². The predicted molar refractivity (Wildman–Crippen MR) is 207 cm³/mol. The molecule has 0 aliphatic rings. The fourth-order valence-electron chi connectivity index (χ4n) is 3.85. The van der Waals surface area contributed by atoms with Crippen molar-refractivity contribution in [3.63, 3.8) is 0 Å². The molecule has 2 heterocycles. The highest BCUT2D eigenvalue weighted by atomic mass is 79.9. The molecule has 0 fully saturated rings. The van der Waals surface area contributed by atoms with Crippen LogP contribution in [0.25, 0.3) is 0 Å². The Labute approximate surface area is 322 Å². The Hall–Kier alpha value is -2.99. The highest BCUT2D eigenvalue weighted by Gasteiger charge is 2.27. The SMILES string of the molecule is CC(C)(C)NS(=O)(=O)c1cc(Br)c[nH]c1=O.COc1ccc(CCl)cc1.COc1ccc(COc2ncc(Br)cc2S(=O)(=O)NC(C)(C)C)cc1. The average molecular weight is 895 g/mol. The van der Waals surface area contributed by atoms with E-state index >= 15 is 0 Å². The zero-order chi connectivity index (χ0) is 38.6. The lowest BCUT2D eigenvalue weighted by molar-refractivity contribution is 0.284. The molecule has 0 saturated heterocycles. The van der Waals surface area contributed by atoms with Crippen LogP contribution in [0.4, 0.5) is 0 Å². The second-order valence-corrected chi connectivity index (χ2v) is 18.2. The number of rotatable bonds is 10. The summed E-state index contributed by atoms with van der Waals surface area (Å²) in [5.74, 6) is 2.22. The van der Waals surface area contributed by atoms with Gasteiger partial charge in [0.05, 0.1) is 14.2 Å². The van der Waals surface area contributed by atoms with E-state index in [0.29, 0.717) is 14.8 Å². The highest BCUT2D eigenvalue weighted by molar-refractivity contribution is 9.10. The van der Waals surface area contributed by atoms with Crippen LogP contribution in [0.1, 0.15) is 52.7 Å². The number of sulfonamides is 2. The highest BCUT2D eigenvalue weighted by Crippen LogP contribution is 2.27. The summed E-state index contributed by atoms with van der Waals surface area (Å²) in [7, 11) is -4.33. The van der Waals surface area contributed by atoms with E-state index in [1.165, 1.54) is 24.5 Å². The number of benzene rings is 2. The van der Waals surface area contributed by atoms with Gasteiger partial charge in [-0.15, -0.1) is 11.6 Å². The molecule has 12 nitrogen and oxygen atoms in total. The number of hydrogen-bond donors (Lipinski definition) is 3. The van der Waals surface area contributed by atoms with Crippen LogP contribution in [0.2, 0.25) is 0 Å². The molecule has 0 aliphatic carbocycles. The predicted octanol–water partition coefficient (Wildman–Crippen LogP) is 7.16. The van der Waals surface area contributed by atoms with Gasteiger partial charge in [0, 0.05) is 38.3 Å². The Morgan fingerprint density at radius 2 is 1.20 bits per heavy atom. The third-order valence-electron chi connectivity index (χ3n) is 5.93. The van der Waals surface area contributed by atoms with Crippen LogP contribution >= 0.6 is 43.5 Å². The summed E-state index contributed by atoms with van der Waals surface area (Å²) in [4.78, 5) is 17.6. The fourth-order valence-corrected chi connectivity index (χ4v) is 8.05. The first-order valence-electron chi connectivity index (χ1n) is 15.2. The van der Waals surface area contributed by atoms with Crippen molar-refractivity contribution in [1.29, 1.82) is 0 Å². The van der Waals surface area contributed by atoms with Gasteiger partial charge in [-0.3, -0.25) is 4.79 Å². The minimum absolute atomic E-state index is 0.00897. The van der Waals surface area contributed by atoms with Crippen molar-refractivity contribution in [2.45, 2.75) is 74.9 Å². The molecule has 0 saturated carbocycles. The van der Waals surface area contributed by atoms with E-state index in [-0.39, 0.29) is 22.3 Å². The van der Waals surface area contributed by atoms with Gasteiger partial charge in [-0.05, 0) is 121 Å². The summed E-state index contributed by atoms with van der Waals surface area (Å²) in [6, 6.07) is 17.8. The topological polar surface area (TPSA) is 166 Å². The van der Waals surface area contributed by atoms with E-state index < -0.39 is 36.7 Å². The lowest BCUT2D eigenvalue weighted by atomic mass is 10.1. The number of alkyl halides is 1. The van der Waals surface area contributed by atoms with Crippen molar-refractivity contribution < 1.29 is 31.0 Å². The molecule has 0 unspecified atom stereocenters. The fraction of sp³-hybridized carbons (Fsp3) is 0.353. The molecule has 3 N–H and O–H groups in total. The Morgan fingerprint density at radius 3 is 1.65 bits per heavy atom. The van der Waals surface area contributed by atoms with Gasteiger partial charge < -0.3 is 19.2 Å². The smallest absolute Gasteiger partial charge is 0.268 e. The molecule has 17 heteroatoms. The molecule has 0 amide bonds. The minimum atomic E-state index is -3.79. The third kappa shape index (κ3) is 15.6. The maximum Gasteiger partial charge on any atom is 0.268 e. The molecule has 0 bridgehead atoms. The normalized spacial score (nSPS) is 11.7. The number of nitrogens with zero attached hydrogens (tertiary/aromatic N) is 1. The van der Waals surface area contributed by atoms with Crippen LogP contribution in [0, 0.1) is 0 Å². The summed E-state index contributed by atoms with van der Waals surface area (Å²) in [6.45, 7) is 10.6. The first-order chi connectivity index (χ1) is 23.6. The van der Waals surface area contributed by atoms with Crippen LogP contribution in [-0.4, -0.2) is 52.1 Å². The first-order valence-corrected chi connectivity index (χ1v) is 20.2. The van der Waals surface area contributed by atoms with Crippen LogP contribution < -0.4 is 29.2 Å². The van der Waals surface area contributed by atoms with Crippen LogP contribution in [0.5, 0.6) is 17.4 Å². The van der Waals surface area contributed by atoms with Gasteiger partial charge in [-0.25, -0.2) is 31.3 Å². The van der Waals surface area contributed by atoms with E-state index in [1.807, 2.05) is 48.5 Å². The largest absolute Gasteiger partial charge is 0.497 e. The molecule has 0 spiro atoms. The molecule has 2 aromatic heterocycles. The molecule has 0 atom stereocenters. The van der Waals surface area contributed by atoms with Crippen molar-refractivity contribution in [2.75, 3.05) is 14.2 Å². The summed E-state index contributed by atoms with van der Waals surface area (Å²) in [5.41, 5.74) is 0.0993. The molecule has 0 radical (unpaired) electrons. The summed E-state index contributed by atoms with van der Waals surface area (Å²) in [5, 5.41) is 0. The van der Waals surface area contributed by atoms with Gasteiger partial charge in [0.15, 0.2) is 0 Å². The Kier molecular flexibility index (Phi) is 16.6. The maximum absolute atomic E-state index is 12.6. The van der Waals surface area contributed by atoms with Gasteiger partial charge in [-0.2, -0.15) is 0 Å². The van der Waals surface area contributed by atoms with Crippen molar-refractivity contribution in [3.05, 3.63) is 103 Å². The van der Waals surface area contributed by atoms with Crippen molar-refractivity contribution in [2.24, 2.45) is 0 Å². The Morgan fingerprint density at radius 1 is 0.745 bits per heavy atom. The third-order valence-corrected chi connectivity index (χ3v) is 10.6. The number of ether oxygens (including phenoxy) is 3. The number of halogens is 3. The minimum Gasteiger partial charge on any atom is -0.497 e.